The van der Waals surface area contributed by atoms with Crippen molar-refractivity contribution < 1.29 is 9.53 Å². The van der Waals surface area contributed by atoms with Gasteiger partial charge in [-0.15, -0.1) is 0 Å². The summed E-state index contributed by atoms with van der Waals surface area (Å²) in [5.41, 5.74) is 0.865. The lowest BCUT2D eigenvalue weighted by Gasteiger charge is -2.42. The molecule has 0 N–H and O–H groups in total. The first-order valence-corrected chi connectivity index (χ1v) is 9.78. The van der Waals surface area contributed by atoms with Crippen molar-refractivity contribution in [2.24, 2.45) is 0 Å². The first-order chi connectivity index (χ1) is 12.2. The van der Waals surface area contributed by atoms with Crippen molar-refractivity contribution in [3.05, 3.63) is 30.1 Å². The van der Waals surface area contributed by atoms with E-state index in [0.717, 1.165) is 51.1 Å². The van der Waals surface area contributed by atoms with Crippen LogP contribution in [0, 0.1) is 0 Å². The highest BCUT2D eigenvalue weighted by Gasteiger charge is 2.38. The summed E-state index contributed by atoms with van der Waals surface area (Å²) in [4.78, 5) is 20.8. The van der Waals surface area contributed by atoms with E-state index >= 15 is 0 Å². The average Bonchev–Trinajstić information content (AvgIpc) is 3.19. The molecular weight excluding hydrogens is 314 g/mol. The van der Waals surface area contributed by atoms with Crippen LogP contribution in [0.25, 0.3) is 0 Å². The first kappa shape index (κ1) is 18.3. The van der Waals surface area contributed by atoms with Crippen LogP contribution in [-0.2, 0) is 15.1 Å². The number of rotatable bonds is 7. The monoisotopic (exact) mass is 345 g/mol. The van der Waals surface area contributed by atoms with Crippen LogP contribution in [0.4, 0.5) is 0 Å². The number of amides is 1. The molecule has 0 atom stereocenters. The molecule has 3 heterocycles. The predicted molar refractivity (Wildman–Crippen MR) is 98.3 cm³/mol. The highest BCUT2D eigenvalue weighted by atomic mass is 16.5. The zero-order valence-corrected chi connectivity index (χ0v) is 15.5. The molecule has 1 aromatic heterocycles. The topological polar surface area (TPSA) is 45.7 Å². The van der Waals surface area contributed by atoms with Gasteiger partial charge in [-0.3, -0.25) is 9.78 Å². The van der Waals surface area contributed by atoms with Gasteiger partial charge in [0, 0.05) is 50.6 Å². The molecule has 0 spiro atoms. The number of likely N-dealkylation sites (tertiary alicyclic amines) is 2. The Morgan fingerprint density at radius 3 is 2.64 bits per heavy atom. The van der Waals surface area contributed by atoms with E-state index in [9.17, 15) is 4.79 Å². The quantitative estimate of drug-likeness (QED) is 0.713. The van der Waals surface area contributed by atoms with Crippen LogP contribution < -0.4 is 0 Å². The largest absolute Gasteiger partial charge is 0.370 e. The van der Waals surface area contributed by atoms with Gasteiger partial charge in [-0.1, -0.05) is 13.0 Å². The van der Waals surface area contributed by atoms with Gasteiger partial charge in [0.05, 0.1) is 5.60 Å². The molecule has 5 heteroatoms. The Kier molecular flexibility index (Phi) is 6.43. The molecule has 2 aliphatic heterocycles. The van der Waals surface area contributed by atoms with Gasteiger partial charge in [-0.2, -0.15) is 0 Å². The van der Waals surface area contributed by atoms with Gasteiger partial charge in [0.1, 0.15) is 0 Å². The minimum absolute atomic E-state index is 0.244. The minimum atomic E-state index is -0.288. The number of piperidine rings is 1. The zero-order valence-electron chi connectivity index (χ0n) is 15.5. The SMILES string of the molecule is CCC(=O)N1CCC(OCCCN2CCCC2)(c2cccnc2)CC1. The molecule has 25 heavy (non-hydrogen) atoms. The van der Waals surface area contributed by atoms with Crippen molar-refractivity contribution in [1.82, 2.24) is 14.8 Å². The molecular formula is C20H31N3O2. The molecule has 2 aliphatic rings. The average molecular weight is 345 g/mol. The normalized spacial score (nSPS) is 20.8. The minimum Gasteiger partial charge on any atom is -0.370 e. The second kappa shape index (κ2) is 8.77. The third kappa shape index (κ3) is 4.59. The molecule has 2 fully saturated rings. The number of nitrogens with zero attached hydrogens (tertiary/aromatic N) is 3. The number of aromatic nitrogens is 1. The van der Waals surface area contributed by atoms with Gasteiger partial charge in [0.2, 0.25) is 5.91 Å². The number of hydrogen-bond donors (Lipinski definition) is 0. The number of hydrogen-bond acceptors (Lipinski definition) is 4. The van der Waals surface area contributed by atoms with Gasteiger partial charge >= 0.3 is 0 Å². The smallest absolute Gasteiger partial charge is 0.222 e. The van der Waals surface area contributed by atoms with E-state index in [0.29, 0.717) is 6.42 Å². The van der Waals surface area contributed by atoms with Crippen LogP contribution in [0.1, 0.15) is 51.0 Å². The van der Waals surface area contributed by atoms with Gasteiger partial charge < -0.3 is 14.5 Å². The summed E-state index contributed by atoms with van der Waals surface area (Å²) >= 11 is 0. The second-order valence-corrected chi connectivity index (χ2v) is 7.22. The Balaban J connectivity index is 1.59. The Bertz CT molecular complexity index is 535. The predicted octanol–water partition coefficient (Wildman–Crippen LogP) is 2.81. The third-order valence-electron chi connectivity index (χ3n) is 5.61. The molecule has 0 radical (unpaired) electrons. The Hall–Kier alpha value is -1.46. The maximum absolute atomic E-state index is 12.0. The van der Waals surface area contributed by atoms with E-state index in [2.05, 4.69) is 16.0 Å². The molecule has 0 saturated carbocycles. The van der Waals surface area contributed by atoms with E-state index in [1.165, 1.54) is 25.9 Å². The fraction of sp³-hybridized carbons (Fsp3) is 0.700. The van der Waals surface area contributed by atoms with E-state index in [1.807, 2.05) is 24.1 Å². The fourth-order valence-electron chi connectivity index (χ4n) is 4.05. The summed E-state index contributed by atoms with van der Waals surface area (Å²) in [6.45, 7) is 7.85. The van der Waals surface area contributed by atoms with Crippen molar-refractivity contribution >= 4 is 5.91 Å². The van der Waals surface area contributed by atoms with Gasteiger partial charge in [0.25, 0.3) is 0 Å². The zero-order chi connectivity index (χ0) is 17.5. The number of carbonyl (C=O) groups excluding carboxylic acids is 1. The van der Waals surface area contributed by atoms with Crippen LogP contribution in [0.15, 0.2) is 24.5 Å². The molecule has 1 aromatic rings. The first-order valence-electron chi connectivity index (χ1n) is 9.78. The summed E-state index contributed by atoms with van der Waals surface area (Å²) in [5.74, 6) is 0.244. The molecule has 138 valence electrons. The summed E-state index contributed by atoms with van der Waals surface area (Å²) in [6, 6.07) is 4.10. The lowest BCUT2D eigenvalue weighted by molar-refractivity contribution is -0.139. The van der Waals surface area contributed by atoms with Crippen molar-refractivity contribution in [3.8, 4) is 0 Å². The third-order valence-corrected chi connectivity index (χ3v) is 5.61. The second-order valence-electron chi connectivity index (χ2n) is 7.22. The lowest BCUT2D eigenvalue weighted by atomic mass is 9.84. The van der Waals surface area contributed by atoms with Gasteiger partial charge in [-0.05, 0) is 51.3 Å². The molecule has 3 rings (SSSR count). The molecule has 5 nitrogen and oxygen atoms in total. The van der Waals surface area contributed by atoms with Crippen LogP contribution in [0.5, 0.6) is 0 Å². The molecule has 0 bridgehead atoms. The maximum atomic E-state index is 12.0. The Morgan fingerprint density at radius 2 is 2.00 bits per heavy atom. The molecule has 0 aromatic carbocycles. The number of carbonyl (C=O) groups is 1. The number of ether oxygens (including phenoxy) is 1. The summed E-state index contributed by atoms with van der Waals surface area (Å²) in [5, 5.41) is 0. The fourth-order valence-corrected chi connectivity index (χ4v) is 4.05. The highest BCUT2D eigenvalue weighted by Crippen LogP contribution is 2.36. The van der Waals surface area contributed by atoms with Crippen LogP contribution in [0.2, 0.25) is 0 Å². The Labute approximate surface area is 151 Å². The summed E-state index contributed by atoms with van der Waals surface area (Å²) < 4.78 is 6.47. The van der Waals surface area contributed by atoms with Crippen LogP contribution >= 0.6 is 0 Å². The van der Waals surface area contributed by atoms with Crippen molar-refractivity contribution in [1.29, 1.82) is 0 Å². The van der Waals surface area contributed by atoms with Crippen molar-refractivity contribution in [2.45, 2.75) is 51.0 Å². The van der Waals surface area contributed by atoms with Crippen molar-refractivity contribution in [3.63, 3.8) is 0 Å². The molecule has 1 amide bonds. The van der Waals surface area contributed by atoms with Crippen molar-refractivity contribution in [2.75, 3.05) is 39.3 Å². The lowest BCUT2D eigenvalue weighted by Crippen LogP contribution is -2.46. The Morgan fingerprint density at radius 1 is 1.24 bits per heavy atom. The van der Waals surface area contributed by atoms with E-state index in [4.69, 9.17) is 4.74 Å². The van der Waals surface area contributed by atoms with Gasteiger partial charge in [0.15, 0.2) is 0 Å². The van der Waals surface area contributed by atoms with E-state index < -0.39 is 0 Å². The molecule has 2 saturated heterocycles. The number of pyridine rings is 1. The standard InChI is InChI=1S/C20H31N3O2/c1-2-19(24)23-14-8-20(9-15-23,18-7-5-10-21-17-18)25-16-6-13-22-11-3-4-12-22/h5,7,10,17H,2-4,6,8-9,11-16H2,1H3. The summed E-state index contributed by atoms with van der Waals surface area (Å²) in [6.07, 6.45) is 9.76. The highest BCUT2D eigenvalue weighted by molar-refractivity contribution is 5.75. The van der Waals surface area contributed by atoms with E-state index in [-0.39, 0.29) is 11.5 Å². The van der Waals surface area contributed by atoms with Gasteiger partial charge in [-0.25, -0.2) is 0 Å². The van der Waals surface area contributed by atoms with Crippen LogP contribution in [-0.4, -0.2) is 60.0 Å². The summed E-state index contributed by atoms with van der Waals surface area (Å²) in [7, 11) is 0. The van der Waals surface area contributed by atoms with Crippen LogP contribution in [0.3, 0.4) is 0 Å². The van der Waals surface area contributed by atoms with E-state index in [1.54, 1.807) is 6.20 Å². The maximum Gasteiger partial charge on any atom is 0.222 e. The molecule has 0 aliphatic carbocycles. The molecule has 0 unspecified atom stereocenters.